The van der Waals surface area contributed by atoms with Crippen LogP contribution in [-0.4, -0.2) is 37.2 Å². The van der Waals surface area contributed by atoms with Crippen molar-refractivity contribution in [2.45, 2.75) is 57.4 Å². The molecule has 7 nitrogen and oxygen atoms in total. The van der Waals surface area contributed by atoms with Crippen molar-refractivity contribution in [3.8, 4) is 0 Å². The van der Waals surface area contributed by atoms with Crippen molar-refractivity contribution in [2.75, 3.05) is 5.32 Å². The Kier molecular flexibility index (Phi) is 5.83. The van der Waals surface area contributed by atoms with Gasteiger partial charge in [-0.05, 0) is 44.7 Å². The van der Waals surface area contributed by atoms with Crippen LogP contribution in [0, 0.1) is 0 Å². The molecule has 1 aliphatic rings. The Morgan fingerprint density at radius 3 is 2.55 bits per heavy atom. The van der Waals surface area contributed by atoms with Crippen molar-refractivity contribution in [1.82, 2.24) is 24.5 Å². The van der Waals surface area contributed by atoms with Crippen LogP contribution in [0.1, 0.15) is 48.7 Å². The van der Waals surface area contributed by atoms with Crippen molar-refractivity contribution in [2.24, 2.45) is 0 Å². The van der Waals surface area contributed by atoms with Gasteiger partial charge in [-0.1, -0.05) is 17.7 Å². The van der Waals surface area contributed by atoms with Gasteiger partial charge in [0.25, 0.3) is 5.91 Å². The highest BCUT2D eigenvalue weighted by Gasteiger charge is 2.34. The number of halogens is 4. The standard InChI is InChI=1S/C20H22ClF3N6O/c1-2-29-10-14(18(21)28-29)19(31)26-13-8-6-12(7-9-13)25-16-4-3-5-17-27-15(11-30(16)17)20(22,23)24/h3-5,10-13,25H,2,6-9H2,1H3,(H,26,31). The molecule has 1 fully saturated rings. The molecule has 3 heterocycles. The van der Waals surface area contributed by atoms with Crippen LogP contribution in [-0.2, 0) is 12.7 Å². The summed E-state index contributed by atoms with van der Waals surface area (Å²) in [4.78, 5) is 16.2. The first kappa shape index (κ1) is 21.5. The van der Waals surface area contributed by atoms with Crippen molar-refractivity contribution in [3.05, 3.63) is 47.0 Å². The number of pyridine rings is 1. The SMILES string of the molecule is CCn1cc(C(=O)NC2CCC(Nc3cccc4nc(C(F)(F)F)cn34)CC2)c(Cl)n1. The monoisotopic (exact) mass is 454 g/mol. The second-order valence-electron chi connectivity index (χ2n) is 7.62. The second kappa shape index (κ2) is 8.41. The number of hydrogen-bond acceptors (Lipinski definition) is 4. The largest absolute Gasteiger partial charge is 0.434 e. The maximum absolute atomic E-state index is 13.0. The van der Waals surface area contributed by atoms with E-state index in [9.17, 15) is 18.0 Å². The minimum atomic E-state index is -4.49. The van der Waals surface area contributed by atoms with Crippen molar-refractivity contribution in [1.29, 1.82) is 0 Å². The van der Waals surface area contributed by atoms with Crippen molar-refractivity contribution < 1.29 is 18.0 Å². The van der Waals surface area contributed by atoms with Crippen molar-refractivity contribution >= 4 is 29.0 Å². The zero-order valence-corrected chi connectivity index (χ0v) is 17.5. The zero-order valence-electron chi connectivity index (χ0n) is 16.8. The smallest absolute Gasteiger partial charge is 0.368 e. The van der Waals surface area contributed by atoms with E-state index in [0.717, 1.165) is 31.9 Å². The third-order valence-electron chi connectivity index (χ3n) is 5.48. The highest BCUT2D eigenvalue weighted by Crippen LogP contribution is 2.30. The highest BCUT2D eigenvalue weighted by molar-refractivity contribution is 6.32. The van der Waals surface area contributed by atoms with Gasteiger partial charge >= 0.3 is 6.18 Å². The number of nitrogens with zero attached hydrogens (tertiary/aromatic N) is 4. The molecule has 2 N–H and O–H groups in total. The van der Waals surface area contributed by atoms with E-state index in [1.807, 2.05) is 6.92 Å². The fraction of sp³-hybridized carbons (Fsp3) is 0.450. The van der Waals surface area contributed by atoms with E-state index < -0.39 is 11.9 Å². The molecule has 3 aromatic heterocycles. The maximum atomic E-state index is 13.0. The van der Waals surface area contributed by atoms with Gasteiger partial charge in [0.05, 0.1) is 5.56 Å². The Morgan fingerprint density at radius 2 is 1.90 bits per heavy atom. The second-order valence-corrected chi connectivity index (χ2v) is 7.98. The first-order chi connectivity index (χ1) is 14.7. The lowest BCUT2D eigenvalue weighted by Gasteiger charge is -2.30. The van der Waals surface area contributed by atoms with Crippen LogP contribution in [0.4, 0.5) is 19.0 Å². The van der Waals surface area contributed by atoms with E-state index in [-0.39, 0.29) is 28.8 Å². The average Bonchev–Trinajstić information content (AvgIpc) is 3.33. The number of amides is 1. The van der Waals surface area contributed by atoms with E-state index in [0.29, 0.717) is 17.9 Å². The maximum Gasteiger partial charge on any atom is 0.434 e. The molecule has 1 aliphatic carbocycles. The van der Waals surface area contributed by atoms with Crippen LogP contribution < -0.4 is 10.6 Å². The third kappa shape index (κ3) is 4.63. The van der Waals surface area contributed by atoms with E-state index in [2.05, 4.69) is 20.7 Å². The summed E-state index contributed by atoms with van der Waals surface area (Å²) in [5, 5.41) is 10.6. The quantitative estimate of drug-likeness (QED) is 0.600. The minimum absolute atomic E-state index is 0.00691. The average molecular weight is 455 g/mol. The molecule has 0 radical (unpaired) electrons. The van der Waals surface area contributed by atoms with Gasteiger partial charge in [-0.15, -0.1) is 0 Å². The van der Waals surface area contributed by atoms with E-state index in [1.54, 1.807) is 29.1 Å². The molecular formula is C20H22ClF3N6O. The molecule has 0 bridgehead atoms. The number of imidazole rings is 1. The highest BCUT2D eigenvalue weighted by atomic mass is 35.5. The number of hydrogen-bond donors (Lipinski definition) is 2. The number of aryl methyl sites for hydroxylation is 1. The molecule has 1 saturated carbocycles. The number of alkyl halides is 3. The van der Waals surface area contributed by atoms with Gasteiger partial charge in [0, 0.05) is 31.0 Å². The minimum Gasteiger partial charge on any atom is -0.368 e. The number of fused-ring (bicyclic) bond motifs is 1. The fourth-order valence-electron chi connectivity index (χ4n) is 3.83. The van der Waals surface area contributed by atoms with Gasteiger partial charge in [-0.25, -0.2) is 4.98 Å². The Balaban J connectivity index is 1.37. The molecule has 0 unspecified atom stereocenters. The van der Waals surface area contributed by atoms with Crippen molar-refractivity contribution in [3.63, 3.8) is 0 Å². The summed E-state index contributed by atoms with van der Waals surface area (Å²) in [6.07, 6.45) is 1.17. The predicted molar refractivity (Wildman–Crippen MR) is 110 cm³/mol. The Labute approximate surface area is 181 Å². The molecule has 0 spiro atoms. The number of aromatic nitrogens is 4. The van der Waals surface area contributed by atoms with Crippen LogP contribution in [0.2, 0.25) is 5.15 Å². The lowest BCUT2D eigenvalue weighted by molar-refractivity contribution is -0.140. The number of carbonyl (C=O) groups excluding carboxylic acids is 1. The van der Waals surface area contributed by atoms with Crippen LogP contribution in [0.3, 0.4) is 0 Å². The first-order valence-corrected chi connectivity index (χ1v) is 10.5. The van der Waals surface area contributed by atoms with Crippen LogP contribution in [0.15, 0.2) is 30.6 Å². The number of rotatable bonds is 5. The summed E-state index contributed by atoms with van der Waals surface area (Å²) in [6, 6.07) is 5.04. The van der Waals surface area contributed by atoms with E-state index in [4.69, 9.17) is 11.6 Å². The molecule has 3 aromatic rings. The summed E-state index contributed by atoms with van der Waals surface area (Å²) in [5.74, 6) is 0.315. The molecular weight excluding hydrogens is 433 g/mol. The summed E-state index contributed by atoms with van der Waals surface area (Å²) < 4.78 is 42.0. The van der Waals surface area contributed by atoms with Crippen LogP contribution in [0.5, 0.6) is 0 Å². The normalized spacial score (nSPS) is 19.5. The van der Waals surface area contributed by atoms with Gasteiger partial charge < -0.3 is 10.6 Å². The number of anilines is 1. The molecule has 0 aliphatic heterocycles. The number of carbonyl (C=O) groups is 1. The predicted octanol–water partition coefficient (Wildman–Crippen LogP) is 4.38. The lowest BCUT2D eigenvalue weighted by atomic mass is 9.91. The molecule has 31 heavy (non-hydrogen) atoms. The molecule has 11 heteroatoms. The lowest BCUT2D eigenvalue weighted by Crippen LogP contribution is -2.40. The molecule has 4 rings (SSSR count). The van der Waals surface area contributed by atoms with Gasteiger partial charge in [0.1, 0.15) is 11.5 Å². The Morgan fingerprint density at radius 1 is 1.19 bits per heavy atom. The van der Waals surface area contributed by atoms with Gasteiger partial charge in [-0.3, -0.25) is 13.9 Å². The Hall–Kier alpha value is -2.75. The molecule has 0 aromatic carbocycles. The van der Waals surface area contributed by atoms with Crippen LogP contribution in [0.25, 0.3) is 5.65 Å². The van der Waals surface area contributed by atoms with E-state index in [1.165, 1.54) is 4.40 Å². The topological polar surface area (TPSA) is 76.2 Å². The first-order valence-electron chi connectivity index (χ1n) is 10.1. The molecule has 166 valence electrons. The molecule has 0 saturated heterocycles. The van der Waals surface area contributed by atoms with Gasteiger partial charge in [0.15, 0.2) is 10.8 Å². The summed E-state index contributed by atoms with van der Waals surface area (Å²) >= 11 is 6.05. The summed E-state index contributed by atoms with van der Waals surface area (Å²) in [5.41, 5.74) is -0.322. The fourth-order valence-corrected chi connectivity index (χ4v) is 4.06. The number of nitrogens with one attached hydrogen (secondary N) is 2. The van der Waals surface area contributed by atoms with Gasteiger partial charge in [-0.2, -0.15) is 18.3 Å². The van der Waals surface area contributed by atoms with Crippen LogP contribution >= 0.6 is 11.6 Å². The summed E-state index contributed by atoms with van der Waals surface area (Å²) in [6.45, 7) is 2.53. The molecule has 1 amide bonds. The third-order valence-corrected chi connectivity index (χ3v) is 5.76. The Bertz CT molecular complexity index is 1080. The van der Waals surface area contributed by atoms with E-state index >= 15 is 0 Å². The summed E-state index contributed by atoms with van der Waals surface area (Å²) in [7, 11) is 0. The van der Waals surface area contributed by atoms with Gasteiger partial charge in [0.2, 0.25) is 0 Å². The molecule has 0 atom stereocenters. The zero-order chi connectivity index (χ0) is 22.2.